The van der Waals surface area contributed by atoms with Gasteiger partial charge in [-0.05, 0) is 77.0 Å². The van der Waals surface area contributed by atoms with Crippen molar-refractivity contribution in [3.63, 3.8) is 0 Å². The van der Waals surface area contributed by atoms with Gasteiger partial charge in [-0.15, -0.1) is 0 Å². The molecule has 0 saturated heterocycles. The van der Waals surface area contributed by atoms with Gasteiger partial charge < -0.3 is 0 Å². The van der Waals surface area contributed by atoms with Crippen LogP contribution in [0.15, 0.2) is 54.6 Å². The molecular weight excluding hydrogens is 288 g/mol. The molecule has 2 aromatic carbocycles. The topological polar surface area (TPSA) is 0 Å². The molecule has 0 bridgehead atoms. The van der Waals surface area contributed by atoms with Crippen molar-refractivity contribution in [3.8, 4) is 0 Å². The fourth-order valence-corrected chi connectivity index (χ4v) is 4.37. The summed E-state index contributed by atoms with van der Waals surface area (Å²) in [6, 6.07) is 15.9. The number of allylic oxidation sites excluding steroid dienone is 4. The van der Waals surface area contributed by atoms with Crippen LogP contribution in [-0.4, -0.2) is 0 Å². The summed E-state index contributed by atoms with van der Waals surface area (Å²) in [5.74, 6) is 1.50. The highest BCUT2D eigenvalue weighted by atomic mass is 14.3. The standard InChI is InChI=1S/C24H26/c1-16(2)22-12-11-21-15-19(10-13-24(21)22)18-8-9-20(14-18)23-7-5-4-6-17(23)3/h4-8,10,13-16,22H,9,11-12H2,1-3H3. The van der Waals surface area contributed by atoms with E-state index in [2.05, 4.69) is 75.4 Å². The third kappa shape index (κ3) is 2.65. The molecule has 0 heteroatoms. The van der Waals surface area contributed by atoms with Crippen molar-refractivity contribution in [2.75, 3.05) is 0 Å². The molecule has 4 rings (SSSR count). The molecule has 1 unspecified atom stereocenters. The lowest BCUT2D eigenvalue weighted by molar-refractivity contribution is 0.496. The van der Waals surface area contributed by atoms with Crippen LogP contribution in [0.5, 0.6) is 0 Å². The second-order valence-electron chi connectivity index (χ2n) is 7.65. The van der Waals surface area contributed by atoms with Crippen molar-refractivity contribution in [1.82, 2.24) is 0 Å². The van der Waals surface area contributed by atoms with Gasteiger partial charge >= 0.3 is 0 Å². The summed E-state index contributed by atoms with van der Waals surface area (Å²) in [6.07, 6.45) is 8.39. The van der Waals surface area contributed by atoms with Gasteiger partial charge in [-0.1, -0.05) is 68.5 Å². The molecule has 0 N–H and O–H groups in total. The van der Waals surface area contributed by atoms with Crippen molar-refractivity contribution in [2.45, 2.75) is 46.0 Å². The van der Waals surface area contributed by atoms with Gasteiger partial charge in [-0.25, -0.2) is 0 Å². The van der Waals surface area contributed by atoms with Crippen LogP contribution in [0.1, 0.15) is 60.4 Å². The van der Waals surface area contributed by atoms with Crippen LogP contribution < -0.4 is 0 Å². The van der Waals surface area contributed by atoms with Gasteiger partial charge in [0.05, 0.1) is 0 Å². The molecule has 24 heavy (non-hydrogen) atoms. The summed E-state index contributed by atoms with van der Waals surface area (Å²) in [5, 5.41) is 0. The SMILES string of the molecule is Cc1ccccc1C1=CC(c2ccc3c(c2)CCC3C(C)C)=CC1. The van der Waals surface area contributed by atoms with E-state index >= 15 is 0 Å². The molecule has 0 heterocycles. The van der Waals surface area contributed by atoms with Crippen molar-refractivity contribution in [1.29, 1.82) is 0 Å². The molecule has 0 aromatic heterocycles. The smallest absolute Gasteiger partial charge is 0.00820 e. The molecule has 2 aromatic rings. The third-order valence-electron chi connectivity index (χ3n) is 5.77. The van der Waals surface area contributed by atoms with Crippen molar-refractivity contribution in [3.05, 3.63) is 82.4 Å². The van der Waals surface area contributed by atoms with Crippen LogP contribution >= 0.6 is 0 Å². The van der Waals surface area contributed by atoms with Crippen LogP contribution in [-0.2, 0) is 6.42 Å². The van der Waals surface area contributed by atoms with E-state index < -0.39 is 0 Å². The largest absolute Gasteiger partial charge is 0.0722 e. The minimum absolute atomic E-state index is 0.746. The van der Waals surface area contributed by atoms with Gasteiger partial charge in [0, 0.05) is 0 Å². The first-order valence-corrected chi connectivity index (χ1v) is 9.23. The van der Waals surface area contributed by atoms with E-state index in [0.29, 0.717) is 0 Å². The lowest BCUT2D eigenvalue weighted by Gasteiger charge is -2.16. The highest BCUT2D eigenvalue weighted by Gasteiger charge is 2.25. The molecule has 0 radical (unpaired) electrons. The Balaban J connectivity index is 1.63. The van der Waals surface area contributed by atoms with Gasteiger partial charge in [0.15, 0.2) is 0 Å². The van der Waals surface area contributed by atoms with Gasteiger partial charge in [0.1, 0.15) is 0 Å². The third-order valence-corrected chi connectivity index (χ3v) is 5.77. The maximum Gasteiger partial charge on any atom is -0.00820 e. The summed E-state index contributed by atoms with van der Waals surface area (Å²) >= 11 is 0. The van der Waals surface area contributed by atoms with E-state index in [4.69, 9.17) is 0 Å². The maximum absolute atomic E-state index is 2.45. The Morgan fingerprint density at radius 1 is 1.04 bits per heavy atom. The molecule has 2 aliphatic carbocycles. The first-order valence-electron chi connectivity index (χ1n) is 9.23. The Kier molecular flexibility index (Phi) is 3.92. The molecule has 2 aliphatic rings. The zero-order valence-electron chi connectivity index (χ0n) is 15.0. The maximum atomic E-state index is 2.45. The first-order chi connectivity index (χ1) is 11.6. The Labute approximate surface area is 145 Å². The number of benzene rings is 2. The molecule has 0 spiro atoms. The van der Waals surface area contributed by atoms with Gasteiger partial charge in [-0.3, -0.25) is 0 Å². The number of rotatable bonds is 3. The Morgan fingerprint density at radius 3 is 2.67 bits per heavy atom. The first kappa shape index (κ1) is 15.4. The fraction of sp³-hybridized carbons (Fsp3) is 0.333. The van der Waals surface area contributed by atoms with Crippen LogP contribution in [0.3, 0.4) is 0 Å². The quantitative estimate of drug-likeness (QED) is 0.602. The summed E-state index contributed by atoms with van der Waals surface area (Å²) < 4.78 is 0. The highest BCUT2D eigenvalue weighted by molar-refractivity contribution is 5.90. The molecule has 1 atom stereocenters. The molecule has 0 saturated carbocycles. The van der Waals surface area contributed by atoms with Crippen LogP contribution in [0.25, 0.3) is 11.1 Å². The highest BCUT2D eigenvalue weighted by Crippen LogP contribution is 2.40. The molecule has 0 nitrogen and oxygen atoms in total. The number of fused-ring (bicyclic) bond motifs is 1. The lowest BCUT2D eigenvalue weighted by atomic mass is 9.89. The summed E-state index contributed by atoms with van der Waals surface area (Å²) in [4.78, 5) is 0. The molecular formula is C24H26. The second-order valence-corrected chi connectivity index (χ2v) is 7.65. The predicted octanol–water partition coefficient (Wildman–Crippen LogP) is 6.55. The Morgan fingerprint density at radius 2 is 1.88 bits per heavy atom. The van der Waals surface area contributed by atoms with Gasteiger partial charge in [0.25, 0.3) is 0 Å². The van der Waals surface area contributed by atoms with E-state index in [1.54, 1.807) is 11.1 Å². The summed E-state index contributed by atoms with van der Waals surface area (Å²) in [7, 11) is 0. The fourth-order valence-electron chi connectivity index (χ4n) is 4.37. The Hall–Kier alpha value is -2.08. The second kappa shape index (κ2) is 6.09. The van der Waals surface area contributed by atoms with Crippen LogP contribution in [0, 0.1) is 12.8 Å². The van der Waals surface area contributed by atoms with E-state index in [-0.39, 0.29) is 0 Å². The van der Waals surface area contributed by atoms with Gasteiger partial charge in [0.2, 0.25) is 0 Å². The van der Waals surface area contributed by atoms with Crippen LogP contribution in [0.4, 0.5) is 0 Å². The Bertz CT molecular complexity index is 833. The van der Waals surface area contributed by atoms with Crippen molar-refractivity contribution < 1.29 is 0 Å². The normalized spacial score (nSPS) is 19.4. The zero-order chi connectivity index (χ0) is 16.7. The lowest BCUT2D eigenvalue weighted by Crippen LogP contribution is -2.02. The van der Waals surface area contributed by atoms with E-state index in [1.165, 1.54) is 40.7 Å². The number of hydrogen-bond acceptors (Lipinski definition) is 0. The summed E-state index contributed by atoms with van der Waals surface area (Å²) in [6.45, 7) is 6.91. The monoisotopic (exact) mass is 314 g/mol. The molecule has 0 aliphatic heterocycles. The van der Waals surface area contributed by atoms with Crippen LogP contribution in [0.2, 0.25) is 0 Å². The van der Waals surface area contributed by atoms with Crippen molar-refractivity contribution in [2.24, 2.45) is 5.92 Å². The average molecular weight is 314 g/mol. The number of hydrogen-bond donors (Lipinski definition) is 0. The van der Waals surface area contributed by atoms with Crippen molar-refractivity contribution >= 4 is 11.1 Å². The zero-order valence-corrected chi connectivity index (χ0v) is 15.0. The molecule has 0 amide bonds. The predicted molar refractivity (Wildman–Crippen MR) is 104 cm³/mol. The van der Waals surface area contributed by atoms with E-state index in [1.807, 2.05) is 0 Å². The molecule has 0 fully saturated rings. The van der Waals surface area contributed by atoms with Gasteiger partial charge in [-0.2, -0.15) is 0 Å². The summed E-state index contributed by atoms with van der Waals surface area (Å²) in [5.41, 5.74) is 10.2. The minimum atomic E-state index is 0.746. The van der Waals surface area contributed by atoms with E-state index in [0.717, 1.165) is 18.3 Å². The number of aryl methyl sites for hydroxylation is 2. The minimum Gasteiger partial charge on any atom is -0.0722 e. The molecule has 122 valence electrons. The van der Waals surface area contributed by atoms with E-state index in [9.17, 15) is 0 Å². The average Bonchev–Trinajstić information content (AvgIpc) is 3.21.